The summed E-state index contributed by atoms with van der Waals surface area (Å²) in [5, 5.41) is 7.69. The number of hydrogen-bond acceptors (Lipinski definition) is 7. The van der Waals surface area contributed by atoms with E-state index in [9.17, 15) is 19.2 Å². The summed E-state index contributed by atoms with van der Waals surface area (Å²) in [4.78, 5) is 74.2. The molecule has 5 heterocycles. The van der Waals surface area contributed by atoms with Gasteiger partial charge in [-0.2, -0.15) is 0 Å². The number of aromatic amines is 1. The number of carbonyl (C=O) groups is 4. The number of carbonyl (C=O) groups excluding carboxylic acids is 4. The van der Waals surface area contributed by atoms with Crippen molar-refractivity contribution in [3.63, 3.8) is 0 Å². The summed E-state index contributed by atoms with van der Waals surface area (Å²) in [6.45, 7) is 6.69. The Kier molecular flexibility index (Phi) is 10.7. The minimum Gasteiger partial charge on any atom is -0.344 e. The zero-order chi connectivity index (χ0) is 40.2. The number of nitrogens with one attached hydrogen (secondary N) is 3. The van der Waals surface area contributed by atoms with Gasteiger partial charge >= 0.3 is 0 Å². The number of benzene rings is 3. The maximum Gasteiger partial charge on any atom is 0.273 e. The van der Waals surface area contributed by atoms with Crippen LogP contribution in [0.4, 0.5) is 11.4 Å². The molecule has 8 rings (SSSR count). The Morgan fingerprint density at radius 2 is 1.31 bits per heavy atom. The molecule has 290 valence electrons. The average Bonchev–Trinajstić information content (AvgIpc) is 4.06. The van der Waals surface area contributed by atoms with Crippen molar-refractivity contribution < 1.29 is 19.2 Å². The van der Waals surface area contributed by atoms with Gasteiger partial charge in [-0.3, -0.25) is 29.1 Å². The summed E-state index contributed by atoms with van der Waals surface area (Å²) in [6.07, 6.45) is 12.8. The number of amides is 4. The topological polar surface area (TPSA) is 153 Å². The first-order valence-electron chi connectivity index (χ1n) is 19.4. The molecule has 3 aromatic heterocycles. The Morgan fingerprint density at radius 3 is 1.95 bits per heavy atom. The van der Waals surface area contributed by atoms with E-state index < -0.39 is 12.1 Å². The van der Waals surface area contributed by atoms with E-state index in [4.69, 9.17) is 0 Å². The quantitative estimate of drug-likeness (QED) is 0.128. The summed E-state index contributed by atoms with van der Waals surface area (Å²) >= 11 is 0. The smallest absolute Gasteiger partial charge is 0.273 e. The Bertz CT molecular complexity index is 2560. The number of H-pyrrole nitrogens is 1. The van der Waals surface area contributed by atoms with Gasteiger partial charge in [0.1, 0.15) is 23.5 Å². The van der Waals surface area contributed by atoms with Crippen molar-refractivity contribution >= 4 is 57.9 Å². The van der Waals surface area contributed by atoms with Crippen LogP contribution >= 0.6 is 0 Å². The molecule has 0 spiro atoms. The SMILES string of the molecule is C=Cc1ccnc(C(=O)N2CCCC2C(=O)Nc2ccc(-c3nc[nH]c3-c3ccc(NC(=O)C4CCCN4C(=O)c4nccc5ccccc45)cc3)cc2)c1C=CC. The standard InChI is InChI=1S/C46H42N8O4/c1-3-9-35-29(4-2)22-24-47-41(35)45(57)53-26-7-12-37(53)43(55)51-33-18-14-31(15-19-33)39-40(50-28-49-39)32-16-20-34(21-17-32)52-44(56)38-13-8-27-54(38)46(58)42-36-11-6-5-10-30(36)23-25-48-42/h3-6,9-11,14-25,28,37-38H,2,7-8,12-13,26-27H2,1H3,(H,49,50)(H,51,55)(H,52,56). The molecule has 0 bridgehead atoms. The number of aromatic nitrogens is 4. The fourth-order valence-corrected chi connectivity index (χ4v) is 7.92. The fraction of sp³-hybridized carbons (Fsp3) is 0.196. The van der Waals surface area contributed by atoms with Crippen LogP contribution in [-0.4, -0.2) is 78.5 Å². The molecular formula is C46H42N8O4. The zero-order valence-electron chi connectivity index (χ0n) is 32.0. The molecule has 2 aliphatic rings. The van der Waals surface area contributed by atoms with Gasteiger partial charge in [-0.15, -0.1) is 0 Å². The maximum atomic E-state index is 13.7. The molecule has 0 saturated carbocycles. The van der Waals surface area contributed by atoms with Crippen LogP contribution in [0.5, 0.6) is 0 Å². The van der Waals surface area contributed by atoms with Crippen molar-refractivity contribution in [3.8, 4) is 22.5 Å². The summed E-state index contributed by atoms with van der Waals surface area (Å²) in [7, 11) is 0. The van der Waals surface area contributed by atoms with E-state index in [2.05, 4.69) is 37.1 Å². The normalized spacial score (nSPS) is 16.5. The molecule has 6 aromatic rings. The highest BCUT2D eigenvalue weighted by Gasteiger charge is 2.37. The third-order valence-corrected chi connectivity index (χ3v) is 10.8. The number of rotatable bonds is 10. The predicted octanol–water partition coefficient (Wildman–Crippen LogP) is 7.85. The van der Waals surface area contributed by atoms with E-state index in [-0.39, 0.29) is 23.6 Å². The first-order chi connectivity index (χ1) is 28.3. The summed E-state index contributed by atoms with van der Waals surface area (Å²) in [6, 6.07) is 24.9. The van der Waals surface area contributed by atoms with E-state index in [1.54, 1.807) is 34.6 Å². The third-order valence-electron chi connectivity index (χ3n) is 10.8. The number of nitrogens with zero attached hydrogens (tertiary/aromatic N) is 5. The summed E-state index contributed by atoms with van der Waals surface area (Å²) < 4.78 is 0. The zero-order valence-corrected chi connectivity index (χ0v) is 32.0. The number of likely N-dealkylation sites (tertiary alicyclic amines) is 2. The Hall–Kier alpha value is -7.21. The highest BCUT2D eigenvalue weighted by molar-refractivity contribution is 6.08. The lowest BCUT2D eigenvalue weighted by atomic mass is 10.0. The molecule has 12 heteroatoms. The summed E-state index contributed by atoms with van der Waals surface area (Å²) in [5.74, 6) is -1.03. The molecule has 4 amide bonds. The highest BCUT2D eigenvalue weighted by Crippen LogP contribution is 2.32. The largest absolute Gasteiger partial charge is 0.344 e. The van der Waals surface area contributed by atoms with Crippen LogP contribution in [0.25, 0.3) is 45.4 Å². The number of allylic oxidation sites excluding steroid dienone is 1. The number of pyridine rings is 2. The van der Waals surface area contributed by atoms with Crippen molar-refractivity contribution in [1.29, 1.82) is 0 Å². The number of fused-ring (bicyclic) bond motifs is 1. The second kappa shape index (κ2) is 16.5. The molecule has 0 aliphatic carbocycles. The molecule has 0 radical (unpaired) electrons. The van der Waals surface area contributed by atoms with Crippen LogP contribution in [0.2, 0.25) is 0 Å². The van der Waals surface area contributed by atoms with Gasteiger partial charge in [-0.05, 0) is 80.0 Å². The van der Waals surface area contributed by atoms with Gasteiger partial charge in [-0.25, -0.2) is 4.98 Å². The first kappa shape index (κ1) is 37.7. The maximum absolute atomic E-state index is 13.7. The van der Waals surface area contributed by atoms with Gasteiger partial charge in [0.05, 0.1) is 17.7 Å². The van der Waals surface area contributed by atoms with Gasteiger partial charge in [0.15, 0.2) is 0 Å². The van der Waals surface area contributed by atoms with E-state index >= 15 is 0 Å². The van der Waals surface area contributed by atoms with Crippen LogP contribution in [0, 0.1) is 0 Å². The van der Waals surface area contributed by atoms with E-state index in [0.717, 1.165) is 45.3 Å². The Morgan fingerprint density at radius 1 is 0.724 bits per heavy atom. The second-order valence-corrected chi connectivity index (χ2v) is 14.3. The van der Waals surface area contributed by atoms with E-state index in [1.165, 1.54) is 0 Å². The number of hydrogen-bond donors (Lipinski definition) is 3. The van der Waals surface area contributed by atoms with Crippen LogP contribution in [0.15, 0.2) is 116 Å². The van der Waals surface area contributed by atoms with E-state index in [0.29, 0.717) is 60.7 Å². The molecule has 12 nitrogen and oxygen atoms in total. The molecule has 2 saturated heterocycles. The molecule has 58 heavy (non-hydrogen) atoms. The lowest BCUT2D eigenvalue weighted by Crippen LogP contribution is -2.43. The van der Waals surface area contributed by atoms with Crippen molar-refractivity contribution in [1.82, 2.24) is 29.7 Å². The Labute approximate surface area is 335 Å². The number of anilines is 2. The van der Waals surface area contributed by atoms with Gasteiger partial charge in [-0.1, -0.05) is 73.3 Å². The van der Waals surface area contributed by atoms with Gasteiger partial charge in [0.25, 0.3) is 11.8 Å². The second-order valence-electron chi connectivity index (χ2n) is 14.3. The molecule has 3 aromatic carbocycles. The van der Waals surface area contributed by atoms with Crippen molar-refractivity contribution in [3.05, 3.63) is 139 Å². The fourth-order valence-electron chi connectivity index (χ4n) is 7.92. The molecule has 3 N–H and O–H groups in total. The number of imidazole rings is 1. The van der Waals surface area contributed by atoms with Gasteiger partial charge in [0, 0.05) is 58.9 Å². The highest BCUT2D eigenvalue weighted by atomic mass is 16.2. The average molecular weight is 771 g/mol. The van der Waals surface area contributed by atoms with Gasteiger partial charge < -0.3 is 25.4 Å². The third kappa shape index (κ3) is 7.39. The lowest BCUT2D eigenvalue weighted by Gasteiger charge is -2.24. The van der Waals surface area contributed by atoms with Crippen LogP contribution in [-0.2, 0) is 9.59 Å². The monoisotopic (exact) mass is 770 g/mol. The molecular weight excluding hydrogens is 729 g/mol. The van der Waals surface area contributed by atoms with Crippen molar-refractivity contribution in [2.45, 2.75) is 44.7 Å². The molecule has 2 fully saturated rings. The minimum absolute atomic E-state index is 0.241. The molecule has 2 atom stereocenters. The van der Waals surface area contributed by atoms with Gasteiger partial charge in [0.2, 0.25) is 11.8 Å². The molecule has 2 aliphatic heterocycles. The van der Waals surface area contributed by atoms with E-state index in [1.807, 2.05) is 104 Å². The Balaban J connectivity index is 0.912. The first-order valence-corrected chi connectivity index (χ1v) is 19.4. The molecule has 2 unspecified atom stereocenters. The van der Waals surface area contributed by atoms with Crippen LogP contribution < -0.4 is 10.6 Å². The van der Waals surface area contributed by atoms with Crippen molar-refractivity contribution in [2.75, 3.05) is 23.7 Å². The van der Waals surface area contributed by atoms with Crippen LogP contribution in [0.3, 0.4) is 0 Å². The lowest BCUT2D eigenvalue weighted by molar-refractivity contribution is -0.120. The predicted molar refractivity (Wildman–Crippen MR) is 226 cm³/mol. The minimum atomic E-state index is -0.627. The van der Waals surface area contributed by atoms with Crippen molar-refractivity contribution in [2.24, 2.45) is 0 Å². The summed E-state index contributed by atoms with van der Waals surface area (Å²) in [5.41, 5.74) is 6.55. The van der Waals surface area contributed by atoms with Crippen LogP contribution in [0.1, 0.15) is 64.7 Å².